The number of hydrogen-bond acceptors (Lipinski definition) is 5. The summed E-state index contributed by atoms with van der Waals surface area (Å²) in [5.41, 5.74) is 1.69. The molecule has 7 heteroatoms. The van der Waals surface area contributed by atoms with E-state index in [0.29, 0.717) is 34.2 Å². The van der Waals surface area contributed by atoms with Crippen molar-refractivity contribution < 1.29 is 23.8 Å². The monoisotopic (exact) mass is 370 g/mol. The number of anilines is 2. The first-order valence-electron chi connectivity index (χ1n) is 8.13. The number of hydrogen-bond donors (Lipinski definition) is 2. The summed E-state index contributed by atoms with van der Waals surface area (Å²) in [4.78, 5) is 23.5. The Kier molecular flexibility index (Phi) is 6.82. The maximum atomic E-state index is 12.3. The Hall–Kier alpha value is -3.48. The SMILES string of the molecule is COc1ccc(OC)c(/C=C/C(=O)Nc2cc(NC(C)=O)ccc2OC)c1. The number of rotatable bonds is 7. The van der Waals surface area contributed by atoms with E-state index in [2.05, 4.69) is 10.6 Å². The Balaban J connectivity index is 2.20. The summed E-state index contributed by atoms with van der Waals surface area (Å²) in [5, 5.41) is 5.40. The van der Waals surface area contributed by atoms with Gasteiger partial charge in [-0.15, -0.1) is 0 Å². The van der Waals surface area contributed by atoms with Crippen LogP contribution < -0.4 is 24.8 Å². The van der Waals surface area contributed by atoms with Gasteiger partial charge in [0.15, 0.2) is 0 Å². The lowest BCUT2D eigenvalue weighted by Gasteiger charge is -2.11. The van der Waals surface area contributed by atoms with Gasteiger partial charge in [-0.25, -0.2) is 0 Å². The van der Waals surface area contributed by atoms with Crippen LogP contribution in [-0.2, 0) is 9.59 Å². The summed E-state index contributed by atoms with van der Waals surface area (Å²) < 4.78 is 15.7. The third kappa shape index (κ3) is 5.50. The van der Waals surface area contributed by atoms with Crippen LogP contribution in [-0.4, -0.2) is 33.1 Å². The predicted octanol–water partition coefficient (Wildman–Crippen LogP) is 3.32. The third-order valence-corrected chi connectivity index (χ3v) is 3.63. The lowest BCUT2D eigenvalue weighted by molar-refractivity contribution is -0.114. The molecule has 7 nitrogen and oxygen atoms in total. The van der Waals surface area contributed by atoms with Crippen molar-refractivity contribution in [2.24, 2.45) is 0 Å². The second-order valence-electron chi connectivity index (χ2n) is 5.53. The standard InChI is InChI=1S/C20H22N2O5/c1-13(23)21-15-6-8-19(27-4)17(12-15)22-20(24)10-5-14-11-16(25-2)7-9-18(14)26-3/h5-12H,1-4H3,(H,21,23)(H,22,24)/b10-5+. The van der Waals surface area contributed by atoms with Crippen molar-refractivity contribution in [1.29, 1.82) is 0 Å². The molecule has 142 valence electrons. The lowest BCUT2D eigenvalue weighted by Crippen LogP contribution is -2.11. The molecular formula is C20H22N2O5. The average Bonchev–Trinajstić information content (AvgIpc) is 2.65. The van der Waals surface area contributed by atoms with Crippen LogP contribution in [0.15, 0.2) is 42.5 Å². The zero-order chi connectivity index (χ0) is 19.8. The fraction of sp³-hybridized carbons (Fsp3) is 0.200. The first kappa shape index (κ1) is 19.8. The summed E-state index contributed by atoms with van der Waals surface area (Å²) in [5.74, 6) is 1.18. The highest BCUT2D eigenvalue weighted by Gasteiger charge is 2.08. The predicted molar refractivity (Wildman–Crippen MR) is 105 cm³/mol. The molecule has 0 saturated carbocycles. The van der Waals surface area contributed by atoms with Crippen LogP contribution in [0.25, 0.3) is 6.08 Å². The van der Waals surface area contributed by atoms with Crippen LogP contribution in [0, 0.1) is 0 Å². The molecule has 2 aromatic carbocycles. The van der Waals surface area contributed by atoms with Crippen molar-refractivity contribution in [3.8, 4) is 17.2 Å². The fourth-order valence-electron chi connectivity index (χ4n) is 2.40. The van der Waals surface area contributed by atoms with E-state index in [0.717, 1.165) is 0 Å². The summed E-state index contributed by atoms with van der Waals surface area (Å²) in [6.07, 6.45) is 3.00. The van der Waals surface area contributed by atoms with Crippen molar-refractivity contribution in [1.82, 2.24) is 0 Å². The summed E-state index contributed by atoms with van der Waals surface area (Å²) in [6, 6.07) is 10.3. The molecule has 27 heavy (non-hydrogen) atoms. The highest BCUT2D eigenvalue weighted by molar-refractivity contribution is 6.03. The van der Waals surface area contributed by atoms with E-state index >= 15 is 0 Å². The van der Waals surface area contributed by atoms with Crippen molar-refractivity contribution in [2.75, 3.05) is 32.0 Å². The van der Waals surface area contributed by atoms with E-state index in [4.69, 9.17) is 14.2 Å². The zero-order valence-electron chi connectivity index (χ0n) is 15.7. The van der Waals surface area contributed by atoms with Crippen molar-refractivity contribution in [3.63, 3.8) is 0 Å². The minimum absolute atomic E-state index is 0.206. The van der Waals surface area contributed by atoms with E-state index in [1.807, 2.05) is 0 Å². The van der Waals surface area contributed by atoms with Crippen LogP contribution in [0.1, 0.15) is 12.5 Å². The molecule has 0 aliphatic heterocycles. The minimum Gasteiger partial charge on any atom is -0.497 e. The van der Waals surface area contributed by atoms with Gasteiger partial charge in [0.2, 0.25) is 11.8 Å². The molecule has 0 fully saturated rings. The van der Waals surface area contributed by atoms with Crippen molar-refractivity contribution in [3.05, 3.63) is 48.0 Å². The van der Waals surface area contributed by atoms with Gasteiger partial charge in [-0.3, -0.25) is 9.59 Å². The number of carbonyl (C=O) groups excluding carboxylic acids is 2. The molecule has 0 aromatic heterocycles. The molecule has 0 spiro atoms. The molecule has 2 aromatic rings. The molecule has 2 rings (SSSR count). The Morgan fingerprint density at radius 1 is 0.889 bits per heavy atom. The van der Waals surface area contributed by atoms with Crippen LogP contribution in [0.2, 0.25) is 0 Å². The van der Waals surface area contributed by atoms with Gasteiger partial charge in [0, 0.05) is 24.3 Å². The molecule has 0 heterocycles. The molecule has 0 atom stereocenters. The van der Waals surface area contributed by atoms with Gasteiger partial charge in [0.1, 0.15) is 17.2 Å². The molecule has 0 radical (unpaired) electrons. The highest BCUT2D eigenvalue weighted by atomic mass is 16.5. The largest absolute Gasteiger partial charge is 0.497 e. The Labute approximate surface area is 157 Å². The number of benzene rings is 2. The summed E-state index contributed by atoms with van der Waals surface area (Å²) in [7, 11) is 4.62. The number of ether oxygens (including phenoxy) is 3. The third-order valence-electron chi connectivity index (χ3n) is 3.63. The molecule has 0 saturated heterocycles. The van der Waals surface area contributed by atoms with Crippen molar-refractivity contribution in [2.45, 2.75) is 6.92 Å². The normalized spacial score (nSPS) is 10.4. The van der Waals surface area contributed by atoms with Gasteiger partial charge in [-0.1, -0.05) is 0 Å². The second-order valence-corrected chi connectivity index (χ2v) is 5.53. The van der Waals surface area contributed by atoms with Crippen LogP contribution in [0.3, 0.4) is 0 Å². The lowest BCUT2D eigenvalue weighted by atomic mass is 10.1. The van der Waals surface area contributed by atoms with E-state index in [1.165, 1.54) is 20.1 Å². The van der Waals surface area contributed by atoms with Crippen LogP contribution >= 0.6 is 0 Å². The van der Waals surface area contributed by atoms with Gasteiger partial charge in [-0.2, -0.15) is 0 Å². The molecule has 2 amide bonds. The Morgan fingerprint density at radius 3 is 2.22 bits per heavy atom. The second kappa shape index (κ2) is 9.28. The fourth-order valence-corrected chi connectivity index (χ4v) is 2.40. The molecule has 2 N–H and O–H groups in total. The van der Waals surface area contributed by atoms with Crippen LogP contribution in [0.5, 0.6) is 17.2 Å². The topological polar surface area (TPSA) is 85.9 Å². The minimum atomic E-state index is -0.363. The Morgan fingerprint density at radius 2 is 1.59 bits per heavy atom. The summed E-state index contributed by atoms with van der Waals surface area (Å²) in [6.45, 7) is 1.41. The molecule has 0 unspecified atom stereocenters. The maximum absolute atomic E-state index is 12.3. The number of carbonyl (C=O) groups is 2. The van der Waals surface area contributed by atoms with Gasteiger partial charge in [0.05, 0.1) is 27.0 Å². The van der Waals surface area contributed by atoms with Crippen molar-refractivity contribution >= 4 is 29.3 Å². The molecule has 0 aliphatic rings. The average molecular weight is 370 g/mol. The van der Waals surface area contributed by atoms with Gasteiger partial charge in [-0.05, 0) is 42.5 Å². The van der Waals surface area contributed by atoms with Gasteiger partial charge < -0.3 is 24.8 Å². The van der Waals surface area contributed by atoms with Gasteiger partial charge in [0.25, 0.3) is 0 Å². The quantitative estimate of drug-likeness (QED) is 0.730. The zero-order valence-corrected chi connectivity index (χ0v) is 15.7. The molecule has 0 bridgehead atoms. The number of amides is 2. The molecular weight excluding hydrogens is 348 g/mol. The van der Waals surface area contributed by atoms with E-state index < -0.39 is 0 Å². The Bertz CT molecular complexity index is 861. The van der Waals surface area contributed by atoms with Gasteiger partial charge >= 0.3 is 0 Å². The highest BCUT2D eigenvalue weighted by Crippen LogP contribution is 2.28. The maximum Gasteiger partial charge on any atom is 0.248 e. The smallest absolute Gasteiger partial charge is 0.248 e. The van der Waals surface area contributed by atoms with Crippen LogP contribution in [0.4, 0.5) is 11.4 Å². The van der Waals surface area contributed by atoms with E-state index in [1.54, 1.807) is 56.7 Å². The van der Waals surface area contributed by atoms with E-state index in [-0.39, 0.29) is 11.8 Å². The number of nitrogens with one attached hydrogen (secondary N) is 2. The first-order valence-corrected chi connectivity index (χ1v) is 8.13. The molecule has 0 aliphatic carbocycles. The number of methoxy groups -OCH3 is 3. The summed E-state index contributed by atoms with van der Waals surface area (Å²) >= 11 is 0. The van der Waals surface area contributed by atoms with E-state index in [9.17, 15) is 9.59 Å². The first-order chi connectivity index (χ1) is 13.0.